The summed E-state index contributed by atoms with van der Waals surface area (Å²) in [5.41, 5.74) is 0.997. The summed E-state index contributed by atoms with van der Waals surface area (Å²) in [6.07, 6.45) is 0. The van der Waals surface area contributed by atoms with Crippen LogP contribution < -0.4 is 4.18 Å². The zero-order valence-electron chi connectivity index (χ0n) is 9.63. The highest BCUT2D eigenvalue weighted by molar-refractivity contribution is 9.10. The Morgan fingerprint density at radius 3 is 2.33 bits per heavy atom. The van der Waals surface area contributed by atoms with Crippen molar-refractivity contribution in [1.82, 2.24) is 0 Å². The van der Waals surface area contributed by atoms with Crippen LogP contribution in [0, 0.1) is 6.92 Å². The molecule has 0 spiro atoms. The molecule has 18 heavy (non-hydrogen) atoms. The molecule has 0 aliphatic rings. The topological polar surface area (TPSA) is 43.4 Å². The van der Waals surface area contributed by atoms with Gasteiger partial charge in [0.15, 0.2) is 0 Å². The molecule has 0 saturated heterocycles. The van der Waals surface area contributed by atoms with E-state index in [1.54, 1.807) is 36.4 Å². The number of benzene rings is 2. The fourth-order valence-corrected chi connectivity index (χ4v) is 2.70. The lowest BCUT2D eigenvalue weighted by Crippen LogP contribution is -2.09. The maximum absolute atomic E-state index is 12.0. The molecule has 0 unspecified atom stereocenters. The van der Waals surface area contributed by atoms with Crippen LogP contribution in [0.4, 0.5) is 0 Å². The van der Waals surface area contributed by atoms with E-state index in [2.05, 4.69) is 15.9 Å². The first-order chi connectivity index (χ1) is 8.47. The lowest BCUT2D eigenvalue weighted by Gasteiger charge is -2.07. The second-order valence-corrected chi connectivity index (χ2v) is 6.27. The number of hydrogen-bond acceptors (Lipinski definition) is 3. The highest BCUT2D eigenvalue weighted by Crippen LogP contribution is 2.22. The van der Waals surface area contributed by atoms with Gasteiger partial charge < -0.3 is 4.18 Å². The minimum Gasteiger partial charge on any atom is -0.379 e. The summed E-state index contributed by atoms with van der Waals surface area (Å²) in [5, 5.41) is 0. The maximum Gasteiger partial charge on any atom is 0.339 e. The summed E-state index contributed by atoms with van der Waals surface area (Å²) in [5.74, 6) is 0.282. The first-order valence-electron chi connectivity index (χ1n) is 5.24. The molecule has 0 bridgehead atoms. The smallest absolute Gasteiger partial charge is 0.339 e. The van der Waals surface area contributed by atoms with Crippen LogP contribution >= 0.6 is 15.9 Å². The van der Waals surface area contributed by atoms with Crippen LogP contribution in [0.5, 0.6) is 5.75 Å². The molecule has 0 N–H and O–H groups in total. The predicted molar refractivity (Wildman–Crippen MR) is 73.1 cm³/mol. The number of halogens is 1. The van der Waals surface area contributed by atoms with E-state index >= 15 is 0 Å². The second kappa shape index (κ2) is 5.12. The molecule has 0 aliphatic heterocycles. The summed E-state index contributed by atoms with van der Waals surface area (Å²) < 4.78 is 29.8. The molecule has 2 aromatic carbocycles. The third kappa shape index (κ3) is 3.11. The van der Waals surface area contributed by atoms with Crippen molar-refractivity contribution in [3.05, 3.63) is 58.6 Å². The van der Waals surface area contributed by atoms with Crippen LogP contribution in [-0.2, 0) is 10.1 Å². The lowest BCUT2D eigenvalue weighted by molar-refractivity contribution is 0.486. The first kappa shape index (κ1) is 13.1. The monoisotopic (exact) mass is 326 g/mol. The number of hydrogen-bond donors (Lipinski definition) is 0. The fraction of sp³-hybridized carbons (Fsp3) is 0.0769. The van der Waals surface area contributed by atoms with Crippen LogP contribution in [0.3, 0.4) is 0 Å². The highest BCUT2D eigenvalue weighted by atomic mass is 79.9. The van der Waals surface area contributed by atoms with E-state index in [0.717, 1.165) is 10.0 Å². The van der Waals surface area contributed by atoms with E-state index in [-0.39, 0.29) is 10.6 Å². The van der Waals surface area contributed by atoms with Gasteiger partial charge in [0, 0.05) is 4.47 Å². The van der Waals surface area contributed by atoms with Crippen molar-refractivity contribution in [3.8, 4) is 5.75 Å². The largest absolute Gasteiger partial charge is 0.379 e. The van der Waals surface area contributed by atoms with Gasteiger partial charge in [0.05, 0.1) is 0 Å². The van der Waals surface area contributed by atoms with Crippen molar-refractivity contribution < 1.29 is 12.6 Å². The van der Waals surface area contributed by atoms with E-state index in [1.165, 1.54) is 12.1 Å². The predicted octanol–water partition coefficient (Wildman–Crippen LogP) is 3.53. The molecule has 0 saturated carbocycles. The Bertz CT molecular complexity index is 648. The molecule has 0 amide bonds. The van der Waals surface area contributed by atoms with Gasteiger partial charge in [0.2, 0.25) is 0 Å². The molecule has 0 atom stereocenters. The van der Waals surface area contributed by atoms with Crippen molar-refractivity contribution >= 4 is 26.0 Å². The molecular formula is C13H11BrO3S. The summed E-state index contributed by atoms with van der Waals surface area (Å²) in [4.78, 5) is 0.146. The molecule has 0 aromatic heterocycles. The molecule has 3 nitrogen and oxygen atoms in total. The molecular weight excluding hydrogens is 316 g/mol. The minimum absolute atomic E-state index is 0.146. The van der Waals surface area contributed by atoms with E-state index in [4.69, 9.17) is 4.18 Å². The quantitative estimate of drug-likeness (QED) is 0.810. The lowest BCUT2D eigenvalue weighted by atomic mass is 10.2. The first-order valence-corrected chi connectivity index (χ1v) is 7.44. The van der Waals surface area contributed by atoms with E-state index in [1.807, 2.05) is 6.92 Å². The van der Waals surface area contributed by atoms with E-state index < -0.39 is 10.1 Å². The normalized spacial score (nSPS) is 11.2. The maximum atomic E-state index is 12.0. The van der Waals surface area contributed by atoms with Crippen molar-refractivity contribution in [1.29, 1.82) is 0 Å². The van der Waals surface area contributed by atoms with Crippen LogP contribution in [0.15, 0.2) is 57.9 Å². The molecule has 94 valence electrons. The average molecular weight is 327 g/mol. The molecule has 0 aliphatic carbocycles. The van der Waals surface area contributed by atoms with Crippen LogP contribution in [0.25, 0.3) is 0 Å². The van der Waals surface area contributed by atoms with Gasteiger partial charge in [-0.15, -0.1) is 0 Å². The molecule has 2 aromatic rings. The van der Waals surface area contributed by atoms with Gasteiger partial charge in [-0.3, -0.25) is 0 Å². The summed E-state index contributed by atoms with van der Waals surface area (Å²) in [7, 11) is -3.77. The summed E-state index contributed by atoms with van der Waals surface area (Å²) >= 11 is 3.26. The summed E-state index contributed by atoms with van der Waals surface area (Å²) in [6.45, 7) is 1.89. The Kier molecular flexibility index (Phi) is 3.73. The minimum atomic E-state index is -3.77. The molecule has 5 heteroatoms. The van der Waals surface area contributed by atoms with Crippen molar-refractivity contribution in [3.63, 3.8) is 0 Å². The van der Waals surface area contributed by atoms with Crippen LogP contribution in [-0.4, -0.2) is 8.42 Å². The highest BCUT2D eigenvalue weighted by Gasteiger charge is 2.16. The van der Waals surface area contributed by atoms with Gasteiger partial charge in [-0.2, -0.15) is 8.42 Å². The van der Waals surface area contributed by atoms with Gasteiger partial charge in [-0.05, 0) is 37.3 Å². The third-order valence-corrected chi connectivity index (χ3v) is 4.07. The van der Waals surface area contributed by atoms with E-state index in [9.17, 15) is 8.42 Å². The Hall–Kier alpha value is -1.33. The van der Waals surface area contributed by atoms with Crippen LogP contribution in [0.2, 0.25) is 0 Å². The second-order valence-electron chi connectivity index (χ2n) is 3.81. The third-order valence-electron chi connectivity index (χ3n) is 2.31. The molecule has 0 heterocycles. The fourth-order valence-electron chi connectivity index (χ4n) is 1.40. The Morgan fingerprint density at radius 2 is 1.72 bits per heavy atom. The van der Waals surface area contributed by atoms with Crippen molar-refractivity contribution in [2.24, 2.45) is 0 Å². The van der Waals surface area contributed by atoms with Crippen molar-refractivity contribution in [2.45, 2.75) is 11.8 Å². The van der Waals surface area contributed by atoms with Crippen LogP contribution in [0.1, 0.15) is 5.56 Å². The van der Waals surface area contributed by atoms with Gasteiger partial charge in [0.1, 0.15) is 10.6 Å². The Balaban J connectivity index is 2.30. The van der Waals surface area contributed by atoms with Gasteiger partial charge in [0.25, 0.3) is 0 Å². The zero-order chi connectivity index (χ0) is 13.2. The van der Waals surface area contributed by atoms with Gasteiger partial charge >= 0.3 is 10.1 Å². The number of rotatable bonds is 3. The summed E-state index contributed by atoms with van der Waals surface area (Å²) in [6, 6.07) is 13.2. The average Bonchev–Trinajstić information content (AvgIpc) is 2.29. The van der Waals surface area contributed by atoms with Crippen molar-refractivity contribution in [2.75, 3.05) is 0 Å². The zero-order valence-corrected chi connectivity index (χ0v) is 12.0. The molecule has 0 radical (unpaired) electrons. The SMILES string of the molecule is Cc1ccc(S(=O)(=O)Oc2cccc(Br)c2)cc1. The Labute approximate surface area is 115 Å². The standard InChI is InChI=1S/C13H11BrO3S/c1-10-5-7-13(8-6-10)18(15,16)17-12-4-2-3-11(14)9-12/h2-9H,1H3. The number of aryl methyl sites for hydroxylation is 1. The molecule has 2 rings (SSSR count). The van der Waals surface area contributed by atoms with Gasteiger partial charge in [-0.25, -0.2) is 0 Å². The van der Waals surface area contributed by atoms with Gasteiger partial charge in [-0.1, -0.05) is 39.7 Å². The Morgan fingerprint density at radius 1 is 1.06 bits per heavy atom. The van der Waals surface area contributed by atoms with E-state index in [0.29, 0.717) is 0 Å². The molecule has 0 fully saturated rings.